The number of hydrogen-bond donors (Lipinski definition) is 1. The van der Waals surface area contributed by atoms with Crippen LogP contribution in [0.5, 0.6) is 17.2 Å². The first-order valence-electron chi connectivity index (χ1n) is 9.45. The molecule has 0 aliphatic carbocycles. The molecule has 5 nitrogen and oxygen atoms in total. The van der Waals surface area contributed by atoms with Crippen molar-refractivity contribution in [2.24, 2.45) is 0 Å². The summed E-state index contributed by atoms with van der Waals surface area (Å²) in [6, 6.07) is 11.7. The highest BCUT2D eigenvalue weighted by molar-refractivity contribution is 6.09. The van der Waals surface area contributed by atoms with Gasteiger partial charge in [0, 0.05) is 23.7 Å². The molecule has 0 saturated heterocycles. The lowest BCUT2D eigenvalue weighted by Crippen LogP contribution is -2.48. The molecule has 2 aromatic rings. The Bertz CT molecular complexity index is 905. The Kier molecular flexibility index (Phi) is 4.06. The van der Waals surface area contributed by atoms with E-state index in [1.807, 2.05) is 64.1 Å². The molecule has 0 radical (unpaired) electrons. The second kappa shape index (κ2) is 6.19. The van der Waals surface area contributed by atoms with Gasteiger partial charge in [0.2, 0.25) is 5.91 Å². The first-order chi connectivity index (χ1) is 12.9. The first-order valence-corrected chi connectivity index (χ1v) is 9.45. The van der Waals surface area contributed by atoms with Crippen molar-refractivity contribution < 1.29 is 19.0 Å². The van der Waals surface area contributed by atoms with Crippen LogP contribution in [0.4, 0.5) is 5.69 Å². The lowest BCUT2D eigenvalue weighted by atomic mass is 9.67. The van der Waals surface area contributed by atoms with Crippen LogP contribution in [-0.4, -0.2) is 24.7 Å². The minimum absolute atomic E-state index is 0.0204. The second-order valence-electron chi connectivity index (χ2n) is 7.60. The van der Waals surface area contributed by atoms with Crippen LogP contribution in [0.2, 0.25) is 0 Å². The van der Waals surface area contributed by atoms with E-state index in [1.165, 1.54) is 0 Å². The maximum atomic E-state index is 13.3. The molecule has 1 atom stereocenters. The molecule has 0 saturated carbocycles. The number of fused-ring (bicyclic) bond motifs is 4. The third-order valence-corrected chi connectivity index (χ3v) is 5.21. The Hall–Kier alpha value is -2.69. The number of para-hydroxylation sites is 1. The van der Waals surface area contributed by atoms with Crippen molar-refractivity contribution in [2.75, 3.05) is 18.5 Å². The summed E-state index contributed by atoms with van der Waals surface area (Å²) in [5.74, 6) is 1.92. The average Bonchev–Trinajstić information content (AvgIpc) is 2.88. The summed E-state index contributed by atoms with van der Waals surface area (Å²) >= 11 is 0. The summed E-state index contributed by atoms with van der Waals surface area (Å²) in [5.41, 5.74) is 1.37. The molecule has 0 fully saturated rings. The summed E-state index contributed by atoms with van der Waals surface area (Å²) in [6.07, 6.45) is 0.551. The molecule has 1 unspecified atom stereocenters. The number of benzene rings is 2. The van der Waals surface area contributed by atoms with E-state index < -0.39 is 11.0 Å². The number of anilines is 1. The highest BCUT2D eigenvalue weighted by atomic mass is 16.5. The molecular weight excluding hydrogens is 342 g/mol. The van der Waals surface area contributed by atoms with Gasteiger partial charge in [-0.25, -0.2) is 0 Å². The number of carbonyl (C=O) groups excluding carboxylic acids is 1. The monoisotopic (exact) mass is 367 g/mol. The fraction of sp³-hybridized carbons (Fsp3) is 0.409. The van der Waals surface area contributed by atoms with Crippen LogP contribution >= 0.6 is 0 Å². The number of hydrogen-bond acceptors (Lipinski definition) is 4. The first kappa shape index (κ1) is 17.7. The Balaban J connectivity index is 1.99. The largest absolute Gasteiger partial charge is 0.490 e. The standard InChI is InChI=1S/C22H25NO4/c1-5-25-18-11-15-17(12-19(18)26-6-2)27-21(3,4)13-22(15)14-9-7-8-10-16(14)23-20(22)24/h7-12H,5-6,13H2,1-4H3,(H,23,24). The van der Waals surface area contributed by atoms with E-state index in [0.29, 0.717) is 36.9 Å². The third kappa shape index (κ3) is 2.64. The number of rotatable bonds is 4. The van der Waals surface area contributed by atoms with Crippen molar-refractivity contribution in [1.82, 2.24) is 0 Å². The molecule has 1 N–H and O–H groups in total. The summed E-state index contributed by atoms with van der Waals surface area (Å²) < 4.78 is 17.9. The van der Waals surface area contributed by atoms with Crippen molar-refractivity contribution in [3.63, 3.8) is 0 Å². The Morgan fingerprint density at radius 2 is 1.70 bits per heavy atom. The SMILES string of the molecule is CCOc1cc2c(cc1OCC)C1(CC(C)(C)O2)C(=O)Nc2ccccc21. The topological polar surface area (TPSA) is 56.8 Å². The van der Waals surface area contributed by atoms with E-state index in [2.05, 4.69) is 5.32 Å². The van der Waals surface area contributed by atoms with Gasteiger partial charge in [-0.05, 0) is 45.4 Å². The van der Waals surface area contributed by atoms with Gasteiger partial charge in [0.05, 0.1) is 13.2 Å². The smallest absolute Gasteiger partial charge is 0.239 e. The van der Waals surface area contributed by atoms with Crippen molar-refractivity contribution in [3.8, 4) is 17.2 Å². The van der Waals surface area contributed by atoms with Gasteiger partial charge in [-0.1, -0.05) is 18.2 Å². The van der Waals surface area contributed by atoms with Gasteiger partial charge in [-0.2, -0.15) is 0 Å². The van der Waals surface area contributed by atoms with Crippen LogP contribution in [-0.2, 0) is 10.2 Å². The van der Waals surface area contributed by atoms with Gasteiger partial charge in [0.25, 0.3) is 0 Å². The lowest BCUT2D eigenvalue weighted by molar-refractivity contribution is -0.122. The van der Waals surface area contributed by atoms with E-state index in [4.69, 9.17) is 14.2 Å². The molecule has 2 aliphatic rings. The van der Waals surface area contributed by atoms with E-state index in [-0.39, 0.29) is 5.91 Å². The Labute approximate surface area is 159 Å². The zero-order valence-corrected chi connectivity index (χ0v) is 16.2. The Morgan fingerprint density at radius 3 is 2.41 bits per heavy atom. The molecule has 1 spiro atoms. The van der Waals surface area contributed by atoms with Crippen molar-refractivity contribution >= 4 is 11.6 Å². The number of nitrogens with one attached hydrogen (secondary N) is 1. The van der Waals surface area contributed by atoms with Crippen molar-refractivity contribution in [1.29, 1.82) is 0 Å². The van der Waals surface area contributed by atoms with E-state index in [0.717, 1.165) is 16.8 Å². The molecule has 2 aromatic carbocycles. The van der Waals surface area contributed by atoms with Gasteiger partial charge in [0.15, 0.2) is 11.5 Å². The van der Waals surface area contributed by atoms with Crippen LogP contribution in [0.15, 0.2) is 36.4 Å². The van der Waals surface area contributed by atoms with Gasteiger partial charge < -0.3 is 19.5 Å². The predicted octanol–water partition coefficient (Wildman–Crippen LogP) is 4.28. The highest BCUT2D eigenvalue weighted by Crippen LogP contribution is 2.55. The molecule has 27 heavy (non-hydrogen) atoms. The summed E-state index contributed by atoms with van der Waals surface area (Å²) in [5, 5.41) is 3.06. The molecule has 5 heteroatoms. The van der Waals surface area contributed by atoms with Crippen LogP contribution < -0.4 is 19.5 Å². The van der Waals surface area contributed by atoms with Crippen LogP contribution in [0, 0.1) is 0 Å². The number of ether oxygens (including phenoxy) is 3. The van der Waals surface area contributed by atoms with Gasteiger partial charge in [-0.15, -0.1) is 0 Å². The maximum absolute atomic E-state index is 13.3. The molecule has 4 rings (SSSR count). The van der Waals surface area contributed by atoms with Crippen LogP contribution in [0.25, 0.3) is 0 Å². The zero-order chi connectivity index (χ0) is 19.2. The van der Waals surface area contributed by atoms with Crippen molar-refractivity contribution in [2.45, 2.75) is 45.1 Å². The van der Waals surface area contributed by atoms with Crippen molar-refractivity contribution in [3.05, 3.63) is 47.5 Å². The normalized spacial score (nSPS) is 21.9. The fourth-order valence-electron chi connectivity index (χ4n) is 4.32. The predicted molar refractivity (Wildman–Crippen MR) is 104 cm³/mol. The minimum Gasteiger partial charge on any atom is -0.490 e. The van der Waals surface area contributed by atoms with Gasteiger partial charge in [0.1, 0.15) is 16.8 Å². The summed E-state index contributed by atoms with van der Waals surface area (Å²) in [7, 11) is 0. The molecule has 142 valence electrons. The lowest BCUT2D eigenvalue weighted by Gasteiger charge is -2.43. The summed E-state index contributed by atoms with van der Waals surface area (Å²) in [4.78, 5) is 13.3. The second-order valence-corrected chi connectivity index (χ2v) is 7.60. The van der Waals surface area contributed by atoms with Crippen LogP contribution in [0.3, 0.4) is 0 Å². The summed E-state index contributed by atoms with van der Waals surface area (Å²) in [6.45, 7) is 8.94. The average molecular weight is 367 g/mol. The quantitative estimate of drug-likeness (QED) is 0.876. The number of carbonyl (C=O) groups is 1. The maximum Gasteiger partial charge on any atom is 0.239 e. The third-order valence-electron chi connectivity index (χ3n) is 5.21. The van der Waals surface area contributed by atoms with E-state index >= 15 is 0 Å². The van der Waals surface area contributed by atoms with E-state index in [9.17, 15) is 4.79 Å². The molecule has 2 aliphatic heterocycles. The molecular formula is C22H25NO4. The highest BCUT2D eigenvalue weighted by Gasteiger charge is 2.55. The molecule has 2 heterocycles. The fourth-order valence-corrected chi connectivity index (χ4v) is 4.32. The van der Waals surface area contributed by atoms with Gasteiger partial charge >= 0.3 is 0 Å². The van der Waals surface area contributed by atoms with Gasteiger partial charge in [-0.3, -0.25) is 4.79 Å². The zero-order valence-electron chi connectivity index (χ0n) is 16.2. The van der Waals surface area contributed by atoms with E-state index in [1.54, 1.807) is 0 Å². The molecule has 0 aromatic heterocycles. The molecule has 0 bridgehead atoms. The van der Waals surface area contributed by atoms with Crippen LogP contribution in [0.1, 0.15) is 45.2 Å². The molecule has 1 amide bonds. The minimum atomic E-state index is -0.801. The number of amides is 1. The Morgan fingerprint density at radius 1 is 1.04 bits per heavy atom.